The van der Waals surface area contributed by atoms with Crippen LogP contribution in [0.1, 0.15) is 30.7 Å². The summed E-state index contributed by atoms with van der Waals surface area (Å²) < 4.78 is 18.9. The fourth-order valence-electron chi connectivity index (χ4n) is 5.75. The zero-order valence-electron chi connectivity index (χ0n) is 22.1. The van der Waals surface area contributed by atoms with E-state index < -0.39 is 23.2 Å². The number of carbonyl (C=O) groups excluding carboxylic acids is 1. The lowest BCUT2D eigenvalue weighted by atomic mass is 10.1. The van der Waals surface area contributed by atoms with Crippen molar-refractivity contribution < 1.29 is 9.18 Å². The number of nitrogens with one attached hydrogen (secondary N) is 2. The molecule has 0 aliphatic carbocycles. The van der Waals surface area contributed by atoms with Gasteiger partial charge in [0.2, 0.25) is 0 Å². The van der Waals surface area contributed by atoms with Gasteiger partial charge in [-0.3, -0.25) is 18.7 Å². The van der Waals surface area contributed by atoms with Gasteiger partial charge < -0.3 is 15.5 Å². The van der Waals surface area contributed by atoms with Gasteiger partial charge in [0.05, 0.1) is 23.1 Å². The van der Waals surface area contributed by atoms with Gasteiger partial charge in [-0.15, -0.1) is 11.3 Å². The molecule has 5 heterocycles. The molecule has 204 valence electrons. The Morgan fingerprint density at radius 1 is 1.18 bits per heavy atom. The highest BCUT2D eigenvalue weighted by Gasteiger charge is 2.37. The van der Waals surface area contributed by atoms with Gasteiger partial charge in [-0.05, 0) is 38.8 Å². The van der Waals surface area contributed by atoms with Gasteiger partial charge in [-0.1, -0.05) is 6.07 Å². The van der Waals surface area contributed by atoms with Gasteiger partial charge in [-0.25, -0.2) is 18.9 Å². The van der Waals surface area contributed by atoms with Crippen molar-refractivity contribution in [2.75, 3.05) is 23.3 Å². The van der Waals surface area contributed by atoms with E-state index in [0.29, 0.717) is 39.7 Å². The summed E-state index contributed by atoms with van der Waals surface area (Å²) in [7, 11) is 2.93. The maximum atomic E-state index is 15.3. The van der Waals surface area contributed by atoms with E-state index in [4.69, 9.17) is 0 Å². The molecule has 3 aromatic heterocycles. The van der Waals surface area contributed by atoms with Crippen LogP contribution in [0, 0.1) is 12.7 Å². The Bertz CT molecular complexity index is 1720. The smallest absolute Gasteiger partial charge is 0.331 e. The van der Waals surface area contributed by atoms with Gasteiger partial charge in [0.1, 0.15) is 11.9 Å². The summed E-state index contributed by atoms with van der Waals surface area (Å²) in [6.07, 6.45) is 3.52. The molecule has 2 fully saturated rings. The van der Waals surface area contributed by atoms with Crippen molar-refractivity contribution in [3.63, 3.8) is 0 Å². The zero-order chi connectivity index (χ0) is 27.6. The molecular weight excluding hydrogens is 523 g/mol. The van der Waals surface area contributed by atoms with E-state index in [1.54, 1.807) is 14.0 Å². The molecule has 13 heteroatoms. The van der Waals surface area contributed by atoms with Crippen LogP contribution in [-0.2, 0) is 18.9 Å². The van der Waals surface area contributed by atoms with Gasteiger partial charge in [0.25, 0.3) is 11.5 Å². The average Bonchev–Trinajstić information content (AvgIpc) is 3.58. The maximum absolute atomic E-state index is 15.3. The van der Waals surface area contributed by atoms with Crippen LogP contribution in [0.15, 0.2) is 34.0 Å². The van der Waals surface area contributed by atoms with Crippen LogP contribution in [0.3, 0.4) is 0 Å². The second-order valence-electron chi connectivity index (χ2n) is 10.2. The summed E-state index contributed by atoms with van der Waals surface area (Å²) in [5.74, 6) is -0.702. The van der Waals surface area contributed by atoms with Crippen LogP contribution in [0.5, 0.6) is 0 Å². The molecule has 0 saturated carbocycles. The number of amides is 1. The van der Waals surface area contributed by atoms with Crippen molar-refractivity contribution >= 4 is 39.1 Å². The number of rotatable bonds is 5. The SMILES string of the molecule is Cc1sc(NC(=O)[C@H](C)n2ncc3c2c(=O)n(C)c(=O)n3C)nc1-c1ccc(N2C3CCC2CNC3)c(F)c1. The largest absolute Gasteiger partial charge is 0.361 e. The lowest BCUT2D eigenvalue weighted by molar-refractivity contribution is -0.119. The second-order valence-corrected chi connectivity index (χ2v) is 11.4. The first-order valence-corrected chi connectivity index (χ1v) is 13.7. The van der Waals surface area contributed by atoms with E-state index in [0.717, 1.165) is 35.4 Å². The summed E-state index contributed by atoms with van der Waals surface area (Å²) in [5, 5.41) is 10.8. The highest BCUT2D eigenvalue weighted by molar-refractivity contribution is 7.16. The molecule has 0 spiro atoms. The predicted octanol–water partition coefficient (Wildman–Crippen LogP) is 2.15. The number of hydrogen-bond donors (Lipinski definition) is 2. The number of carbonyl (C=O) groups is 1. The highest BCUT2D eigenvalue weighted by Crippen LogP contribution is 2.37. The van der Waals surface area contributed by atoms with E-state index in [2.05, 4.69) is 25.6 Å². The number of aromatic nitrogens is 5. The molecule has 0 radical (unpaired) electrons. The minimum atomic E-state index is -0.855. The first-order valence-electron chi connectivity index (χ1n) is 12.9. The number of hydrogen-bond acceptors (Lipinski definition) is 8. The molecule has 3 atom stereocenters. The fourth-order valence-corrected chi connectivity index (χ4v) is 6.59. The molecule has 2 aliphatic rings. The molecule has 1 amide bonds. The predicted molar refractivity (Wildman–Crippen MR) is 148 cm³/mol. The van der Waals surface area contributed by atoms with Gasteiger partial charge in [0, 0.05) is 49.7 Å². The number of fused-ring (bicyclic) bond motifs is 3. The van der Waals surface area contributed by atoms with Crippen molar-refractivity contribution in [1.29, 1.82) is 0 Å². The van der Waals surface area contributed by atoms with Crippen molar-refractivity contribution in [3.05, 3.63) is 55.9 Å². The lowest BCUT2D eigenvalue weighted by Crippen LogP contribution is -2.52. The highest BCUT2D eigenvalue weighted by atomic mass is 32.1. The third-order valence-electron chi connectivity index (χ3n) is 7.87. The van der Waals surface area contributed by atoms with Gasteiger partial charge in [0.15, 0.2) is 10.6 Å². The minimum absolute atomic E-state index is 0.159. The molecule has 4 aromatic rings. The molecule has 39 heavy (non-hydrogen) atoms. The third kappa shape index (κ3) is 4.07. The van der Waals surface area contributed by atoms with Crippen molar-refractivity contribution in [2.24, 2.45) is 14.1 Å². The van der Waals surface area contributed by atoms with E-state index in [1.165, 1.54) is 39.9 Å². The Labute approximate surface area is 226 Å². The van der Waals surface area contributed by atoms with Gasteiger partial charge >= 0.3 is 5.69 Å². The maximum Gasteiger partial charge on any atom is 0.331 e. The van der Waals surface area contributed by atoms with E-state index in [1.807, 2.05) is 19.1 Å². The molecule has 2 bridgehead atoms. The van der Waals surface area contributed by atoms with Crippen LogP contribution >= 0.6 is 11.3 Å². The Balaban J connectivity index is 1.24. The number of aryl methyl sites for hydroxylation is 2. The molecule has 2 aliphatic heterocycles. The summed E-state index contributed by atoms with van der Waals surface area (Å²) in [5.41, 5.74) is 1.37. The quantitative estimate of drug-likeness (QED) is 0.389. The monoisotopic (exact) mass is 552 g/mol. The van der Waals surface area contributed by atoms with Crippen molar-refractivity contribution in [2.45, 2.75) is 44.8 Å². The van der Waals surface area contributed by atoms with Crippen molar-refractivity contribution in [1.82, 2.24) is 29.2 Å². The Morgan fingerprint density at radius 3 is 2.59 bits per heavy atom. The standard InChI is InChI=1S/C26H29FN8O3S/c1-13(35-22-20(12-29-35)32(3)26(38)33(4)24(22)37)23(36)31-25-30-21(14(2)39-25)15-5-8-19(18(27)9-15)34-16-6-7-17(34)11-28-10-16/h5,8-9,12-13,16-17,28H,6-7,10-11H2,1-4H3,(H,30,31,36)/t13-,16?,17?/m0/s1. The first kappa shape index (κ1) is 25.4. The average molecular weight is 553 g/mol. The summed E-state index contributed by atoms with van der Waals surface area (Å²) >= 11 is 1.29. The van der Waals surface area contributed by atoms with Crippen LogP contribution in [-0.4, -0.2) is 55.0 Å². The Hall–Kier alpha value is -3.84. The number of benzene rings is 1. The van der Waals surface area contributed by atoms with Crippen LogP contribution in [0.2, 0.25) is 0 Å². The number of nitrogens with zero attached hydrogens (tertiary/aromatic N) is 6. The molecule has 11 nitrogen and oxygen atoms in total. The van der Waals surface area contributed by atoms with Gasteiger partial charge in [-0.2, -0.15) is 5.10 Å². The number of piperazine rings is 1. The zero-order valence-corrected chi connectivity index (χ0v) is 22.9. The lowest BCUT2D eigenvalue weighted by Gasteiger charge is -2.37. The normalized spacial score (nSPS) is 19.6. The number of thiazole rings is 1. The molecule has 1 aromatic carbocycles. The fraction of sp³-hybridized carbons (Fsp3) is 0.423. The molecule has 2 unspecified atom stereocenters. The Morgan fingerprint density at radius 2 is 1.90 bits per heavy atom. The van der Waals surface area contributed by atoms with E-state index in [9.17, 15) is 14.4 Å². The molecule has 2 N–H and O–H groups in total. The van der Waals surface area contributed by atoms with Crippen molar-refractivity contribution in [3.8, 4) is 11.3 Å². The number of anilines is 2. The van der Waals surface area contributed by atoms with E-state index >= 15 is 4.39 Å². The summed E-state index contributed by atoms with van der Waals surface area (Å²) in [6, 6.07) is 5.00. The second kappa shape index (κ2) is 9.42. The number of halogens is 1. The van der Waals surface area contributed by atoms with Crippen LogP contribution in [0.4, 0.5) is 15.2 Å². The summed E-state index contributed by atoms with van der Waals surface area (Å²) in [4.78, 5) is 45.8. The van der Waals surface area contributed by atoms with Crippen LogP contribution in [0.25, 0.3) is 22.3 Å². The minimum Gasteiger partial charge on any atom is -0.361 e. The van der Waals surface area contributed by atoms with E-state index in [-0.39, 0.29) is 11.3 Å². The first-order chi connectivity index (χ1) is 18.7. The van der Waals surface area contributed by atoms with Crippen LogP contribution < -0.4 is 26.8 Å². The Kier molecular flexibility index (Phi) is 6.14. The molecule has 6 rings (SSSR count). The topological polar surface area (TPSA) is 119 Å². The molecular formula is C26H29FN8O3S. The summed E-state index contributed by atoms with van der Waals surface area (Å²) in [6.45, 7) is 5.22. The molecule has 2 saturated heterocycles. The third-order valence-corrected chi connectivity index (χ3v) is 8.76.